The van der Waals surface area contributed by atoms with Crippen LogP contribution in [0.3, 0.4) is 0 Å². The van der Waals surface area contributed by atoms with Gasteiger partial charge >= 0.3 is 0 Å². The summed E-state index contributed by atoms with van der Waals surface area (Å²) in [5.74, 6) is 1.84. The Labute approximate surface area is 103 Å². The van der Waals surface area contributed by atoms with Crippen molar-refractivity contribution in [2.75, 3.05) is 6.61 Å². The van der Waals surface area contributed by atoms with Gasteiger partial charge in [-0.25, -0.2) is 0 Å². The quantitative estimate of drug-likeness (QED) is 0.784. The molecule has 0 radical (unpaired) electrons. The van der Waals surface area contributed by atoms with E-state index in [-0.39, 0.29) is 0 Å². The number of pyridine rings is 1. The van der Waals surface area contributed by atoms with Crippen LogP contribution in [0, 0.1) is 5.92 Å². The zero-order chi connectivity index (χ0) is 11.5. The van der Waals surface area contributed by atoms with Crippen molar-refractivity contribution in [3.05, 3.63) is 24.0 Å². The van der Waals surface area contributed by atoms with E-state index in [1.165, 1.54) is 32.1 Å². The van der Waals surface area contributed by atoms with Gasteiger partial charge in [-0.1, -0.05) is 12.8 Å². The van der Waals surface area contributed by atoms with Gasteiger partial charge in [-0.05, 0) is 37.3 Å². The lowest BCUT2D eigenvalue weighted by Gasteiger charge is -2.06. The average Bonchev–Trinajstić information content (AvgIpc) is 3.23. The third-order valence-corrected chi connectivity index (χ3v) is 3.44. The van der Waals surface area contributed by atoms with Gasteiger partial charge in [0.2, 0.25) is 0 Å². The maximum absolute atomic E-state index is 5.67. The van der Waals surface area contributed by atoms with E-state index < -0.39 is 0 Å². The van der Waals surface area contributed by atoms with Crippen molar-refractivity contribution in [2.24, 2.45) is 5.92 Å². The molecule has 1 aromatic heterocycles. The van der Waals surface area contributed by atoms with Crippen molar-refractivity contribution in [2.45, 2.75) is 44.7 Å². The molecule has 1 heterocycles. The molecule has 3 heteroatoms. The van der Waals surface area contributed by atoms with E-state index in [9.17, 15) is 0 Å². The summed E-state index contributed by atoms with van der Waals surface area (Å²) in [4.78, 5) is 4.40. The van der Waals surface area contributed by atoms with Crippen molar-refractivity contribution in [3.8, 4) is 5.75 Å². The molecule has 3 nitrogen and oxygen atoms in total. The first-order valence-corrected chi connectivity index (χ1v) is 6.71. The Morgan fingerprint density at radius 3 is 2.76 bits per heavy atom. The monoisotopic (exact) mass is 232 g/mol. The topological polar surface area (TPSA) is 34.2 Å². The Bertz CT molecular complexity index is 355. The fourth-order valence-electron chi connectivity index (χ4n) is 1.89. The van der Waals surface area contributed by atoms with E-state index in [4.69, 9.17) is 4.74 Å². The average molecular weight is 232 g/mol. The van der Waals surface area contributed by atoms with Crippen LogP contribution in [-0.2, 0) is 6.54 Å². The van der Waals surface area contributed by atoms with E-state index in [0.29, 0.717) is 0 Å². The molecular weight excluding hydrogens is 212 g/mol. The van der Waals surface area contributed by atoms with Gasteiger partial charge in [0.1, 0.15) is 5.75 Å². The second-order valence-electron chi connectivity index (χ2n) is 5.22. The predicted molar refractivity (Wildman–Crippen MR) is 66.9 cm³/mol. The van der Waals surface area contributed by atoms with Gasteiger partial charge in [-0.15, -0.1) is 0 Å². The molecule has 0 atom stereocenters. The van der Waals surface area contributed by atoms with Gasteiger partial charge in [0.25, 0.3) is 0 Å². The first kappa shape index (κ1) is 11.0. The van der Waals surface area contributed by atoms with Gasteiger partial charge in [0, 0.05) is 12.6 Å². The Kier molecular flexibility index (Phi) is 3.27. The molecule has 0 bridgehead atoms. The molecule has 0 aromatic carbocycles. The summed E-state index contributed by atoms with van der Waals surface area (Å²) in [5, 5.41) is 3.46. The number of rotatable bonds is 7. The molecule has 2 fully saturated rings. The van der Waals surface area contributed by atoms with Gasteiger partial charge in [0.15, 0.2) is 0 Å². The lowest BCUT2D eigenvalue weighted by atomic mass is 10.3. The third kappa shape index (κ3) is 3.70. The SMILES string of the molecule is c1cc(CNC2CC2)ncc1OCCC1CC1. The highest BCUT2D eigenvalue weighted by Gasteiger charge is 2.21. The van der Waals surface area contributed by atoms with Crippen LogP contribution in [0.5, 0.6) is 5.75 Å². The molecule has 0 amide bonds. The number of aromatic nitrogens is 1. The number of ether oxygens (including phenoxy) is 1. The minimum Gasteiger partial charge on any atom is -0.492 e. The zero-order valence-corrected chi connectivity index (χ0v) is 10.2. The van der Waals surface area contributed by atoms with Crippen molar-refractivity contribution in [1.82, 2.24) is 10.3 Å². The van der Waals surface area contributed by atoms with E-state index in [0.717, 1.165) is 36.6 Å². The highest BCUT2D eigenvalue weighted by molar-refractivity contribution is 5.19. The lowest BCUT2D eigenvalue weighted by Crippen LogP contribution is -2.16. The second kappa shape index (κ2) is 5.05. The summed E-state index contributed by atoms with van der Waals surface area (Å²) in [6.07, 6.45) is 8.48. The molecule has 3 rings (SSSR count). The molecule has 1 N–H and O–H groups in total. The van der Waals surface area contributed by atoms with E-state index in [2.05, 4.69) is 16.4 Å². The third-order valence-electron chi connectivity index (χ3n) is 3.44. The largest absolute Gasteiger partial charge is 0.492 e. The van der Waals surface area contributed by atoms with E-state index in [1.54, 1.807) is 0 Å². The van der Waals surface area contributed by atoms with Crippen LogP contribution in [0.2, 0.25) is 0 Å². The number of hydrogen-bond donors (Lipinski definition) is 1. The maximum atomic E-state index is 5.67. The van der Waals surface area contributed by atoms with Crippen molar-refractivity contribution in [3.63, 3.8) is 0 Å². The van der Waals surface area contributed by atoms with Crippen LogP contribution in [0.4, 0.5) is 0 Å². The van der Waals surface area contributed by atoms with Crippen LogP contribution in [0.1, 0.15) is 37.8 Å². The van der Waals surface area contributed by atoms with Crippen LogP contribution in [-0.4, -0.2) is 17.6 Å². The number of hydrogen-bond acceptors (Lipinski definition) is 3. The van der Waals surface area contributed by atoms with Crippen LogP contribution < -0.4 is 10.1 Å². The fraction of sp³-hybridized carbons (Fsp3) is 0.643. The Morgan fingerprint density at radius 1 is 1.24 bits per heavy atom. The molecule has 2 aliphatic rings. The molecule has 0 saturated heterocycles. The Morgan fingerprint density at radius 2 is 2.12 bits per heavy atom. The predicted octanol–water partition coefficient (Wildman–Crippen LogP) is 2.51. The van der Waals surface area contributed by atoms with Crippen LogP contribution in [0.15, 0.2) is 18.3 Å². The summed E-state index contributed by atoms with van der Waals surface area (Å²) in [5.41, 5.74) is 1.10. The van der Waals surface area contributed by atoms with Crippen LogP contribution in [0.25, 0.3) is 0 Å². The van der Waals surface area contributed by atoms with Gasteiger partial charge in [-0.3, -0.25) is 4.98 Å². The number of nitrogens with one attached hydrogen (secondary N) is 1. The molecule has 2 saturated carbocycles. The molecule has 0 spiro atoms. The molecule has 1 aromatic rings. The standard InChI is InChI=1S/C14H20N2O/c1-2-11(1)7-8-17-14-6-5-13(16-10-14)9-15-12-3-4-12/h5-6,10-12,15H,1-4,7-9H2. The second-order valence-corrected chi connectivity index (χ2v) is 5.22. The molecule has 92 valence electrons. The van der Waals surface area contributed by atoms with Crippen LogP contribution >= 0.6 is 0 Å². The summed E-state index contributed by atoms with van der Waals surface area (Å²) in [6.45, 7) is 1.72. The van der Waals surface area contributed by atoms with Gasteiger partial charge in [0.05, 0.1) is 18.5 Å². The maximum Gasteiger partial charge on any atom is 0.137 e. The van der Waals surface area contributed by atoms with E-state index >= 15 is 0 Å². The molecule has 0 aliphatic heterocycles. The van der Waals surface area contributed by atoms with Crippen molar-refractivity contribution < 1.29 is 4.74 Å². The summed E-state index contributed by atoms with van der Waals surface area (Å²) in [6, 6.07) is 4.83. The lowest BCUT2D eigenvalue weighted by molar-refractivity contribution is 0.301. The summed E-state index contributed by atoms with van der Waals surface area (Å²) < 4.78 is 5.67. The Balaban J connectivity index is 1.41. The minimum absolute atomic E-state index is 0.742. The zero-order valence-electron chi connectivity index (χ0n) is 10.2. The first-order valence-electron chi connectivity index (χ1n) is 6.71. The molecule has 17 heavy (non-hydrogen) atoms. The highest BCUT2D eigenvalue weighted by atomic mass is 16.5. The van der Waals surface area contributed by atoms with Crippen molar-refractivity contribution >= 4 is 0 Å². The Hall–Kier alpha value is -1.09. The van der Waals surface area contributed by atoms with Crippen molar-refractivity contribution in [1.29, 1.82) is 0 Å². The van der Waals surface area contributed by atoms with Gasteiger partial charge in [-0.2, -0.15) is 0 Å². The molecule has 0 unspecified atom stereocenters. The summed E-state index contributed by atoms with van der Waals surface area (Å²) >= 11 is 0. The highest BCUT2D eigenvalue weighted by Crippen LogP contribution is 2.32. The van der Waals surface area contributed by atoms with E-state index in [1.807, 2.05) is 12.3 Å². The normalized spacial score (nSPS) is 19.3. The minimum atomic E-state index is 0.742. The number of nitrogens with zero attached hydrogens (tertiary/aromatic N) is 1. The smallest absolute Gasteiger partial charge is 0.137 e. The summed E-state index contributed by atoms with van der Waals surface area (Å²) in [7, 11) is 0. The molecule has 2 aliphatic carbocycles. The first-order chi connectivity index (χ1) is 8.40. The molecular formula is C14H20N2O. The van der Waals surface area contributed by atoms with Gasteiger partial charge < -0.3 is 10.1 Å². The fourth-order valence-corrected chi connectivity index (χ4v) is 1.89.